The van der Waals surface area contributed by atoms with E-state index in [0.29, 0.717) is 16.5 Å². The Labute approximate surface area is 60.7 Å². The van der Waals surface area contributed by atoms with Gasteiger partial charge >= 0.3 is 0 Å². The molecule has 5 heteroatoms. The zero-order chi connectivity index (χ0) is 6.69. The summed E-state index contributed by atoms with van der Waals surface area (Å²) in [5, 5.41) is 1.11. The Morgan fingerprint density at radius 2 is 2.56 bits per heavy atom. The molecular weight excluding hydrogens is 156 g/mol. The van der Waals surface area contributed by atoms with Gasteiger partial charge in [0.2, 0.25) is 0 Å². The first-order valence-electron chi connectivity index (χ1n) is 2.19. The first-order valence-corrected chi connectivity index (χ1v) is 4.19. The number of carbonyl (C=O) groups excluding carboxylic acids is 1. The predicted octanol–water partition coefficient (Wildman–Crippen LogP) is 1.07. The van der Waals surface area contributed by atoms with Gasteiger partial charge in [-0.15, -0.1) is 0 Å². The number of nitrogens with zero attached hydrogens (tertiary/aromatic N) is 2. The fourth-order valence-electron chi connectivity index (χ4n) is 0.352. The van der Waals surface area contributed by atoms with Crippen molar-refractivity contribution in [1.82, 2.24) is 9.36 Å². The Morgan fingerprint density at radius 1 is 1.78 bits per heavy atom. The lowest BCUT2D eigenvalue weighted by Crippen LogP contribution is -1.75. The lowest BCUT2D eigenvalue weighted by molar-refractivity contribution is 0.112. The zero-order valence-corrected chi connectivity index (χ0v) is 6.33. The number of thioether (sulfide) groups is 1. The van der Waals surface area contributed by atoms with E-state index in [-0.39, 0.29) is 0 Å². The molecule has 9 heavy (non-hydrogen) atoms. The summed E-state index contributed by atoms with van der Waals surface area (Å²) in [7, 11) is 0. The minimum Gasteiger partial charge on any atom is -0.295 e. The van der Waals surface area contributed by atoms with Crippen molar-refractivity contribution in [2.45, 2.75) is 5.16 Å². The second-order valence-electron chi connectivity index (χ2n) is 1.24. The average molecular weight is 160 g/mol. The molecule has 0 aliphatic heterocycles. The average Bonchev–Trinajstić information content (AvgIpc) is 2.34. The third kappa shape index (κ3) is 1.49. The van der Waals surface area contributed by atoms with E-state index in [1.165, 1.54) is 11.8 Å². The Balaban J connectivity index is 2.86. The third-order valence-corrected chi connectivity index (χ3v) is 2.01. The van der Waals surface area contributed by atoms with Gasteiger partial charge in [-0.1, -0.05) is 11.8 Å². The summed E-state index contributed by atoms with van der Waals surface area (Å²) in [5.41, 5.74) is 0. The van der Waals surface area contributed by atoms with Crippen molar-refractivity contribution >= 4 is 29.6 Å². The van der Waals surface area contributed by atoms with E-state index >= 15 is 0 Å². The van der Waals surface area contributed by atoms with E-state index in [1.54, 1.807) is 0 Å². The molecule has 48 valence electrons. The van der Waals surface area contributed by atoms with Crippen molar-refractivity contribution in [3.8, 4) is 0 Å². The van der Waals surface area contributed by atoms with Crippen LogP contribution < -0.4 is 0 Å². The van der Waals surface area contributed by atoms with Crippen molar-refractivity contribution in [2.24, 2.45) is 0 Å². The monoisotopic (exact) mass is 160 g/mol. The fourth-order valence-corrected chi connectivity index (χ4v) is 1.39. The Hall–Kier alpha value is -0.420. The summed E-state index contributed by atoms with van der Waals surface area (Å²) in [6.07, 6.45) is 2.58. The fraction of sp³-hybridized carbons (Fsp3) is 0.250. The van der Waals surface area contributed by atoms with Gasteiger partial charge in [0.25, 0.3) is 0 Å². The summed E-state index contributed by atoms with van der Waals surface area (Å²) in [6.45, 7) is 0. The van der Waals surface area contributed by atoms with E-state index in [0.717, 1.165) is 11.5 Å². The third-order valence-electron chi connectivity index (χ3n) is 0.706. The van der Waals surface area contributed by atoms with Crippen LogP contribution in [0.15, 0.2) is 5.16 Å². The van der Waals surface area contributed by atoms with Gasteiger partial charge < -0.3 is 0 Å². The molecule has 0 bridgehead atoms. The van der Waals surface area contributed by atoms with Crippen LogP contribution in [-0.2, 0) is 0 Å². The quantitative estimate of drug-likeness (QED) is 0.479. The molecule has 0 atom stereocenters. The van der Waals surface area contributed by atoms with Crippen molar-refractivity contribution in [3.05, 3.63) is 5.01 Å². The SMILES string of the molecule is CSc1nsc(C=O)n1. The predicted molar refractivity (Wildman–Crippen MR) is 37.1 cm³/mol. The number of rotatable bonds is 2. The highest BCUT2D eigenvalue weighted by molar-refractivity contribution is 7.98. The molecular formula is C4H4N2OS2. The van der Waals surface area contributed by atoms with Gasteiger partial charge in [-0.05, 0) is 17.8 Å². The van der Waals surface area contributed by atoms with E-state index < -0.39 is 0 Å². The van der Waals surface area contributed by atoms with Crippen molar-refractivity contribution in [1.29, 1.82) is 0 Å². The van der Waals surface area contributed by atoms with Gasteiger partial charge in [-0.3, -0.25) is 4.79 Å². The van der Waals surface area contributed by atoms with Crippen LogP contribution in [-0.4, -0.2) is 21.9 Å². The molecule has 1 heterocycles. The van der Waals surface area contributed by atoms with E-state index in [4.69, 9.17) is 0 Å². The molecule has 1 aromatic heterocycles. The summed E-state index contributed by atoms with van der Waals surface area (Å²) >= 11 is 2.56. The Bertz CT molecular complexity index is 210. The Kier molecular flexibility index (Phi) is 2.18. The highest BCUT2D eigenvalue weighted by atomic mass is 32.2. The van der Waals surface area contributed by atoms with Crippen molar-refractivity contribution in [2.75, 3.05) is 6.26 Å². The summed E-state index contributed by atoms with van der Waals surface area (Å²) in [6, 6.07) is 0. The van der Waals surface area contributed by atoms with Gasteiger partial charge in [0.05, 0.1) is 0 Å². The van der Waals surface area contributed by atoms with Gasteiger partial charge in [-0.2, -0.15) is 4.37 Å². The molecule has 0 saturated heterocycles. The van der Waals surface area contributed by atoms with Crippen LogP contribution in [0.4, 0.5) is 0 Å². The molecule has 1 aromatic rings. The molecule has 1 rings (SSSR count). The number of carbonyl (C=O) groups is 1. The van der Waals surface area contributed by atoms with Crippen LogP contribution in [0.3, 0.4) is 0 Å². The summed E-state index contributed by atoms with van der Waals surface area (Å²) in [5.74, 6) is 0. The number of hydrogen-bond donors (Lipinski definition) is 0. The molecule has 0 saturated carbocycles. The summed E-state index contributed by atoms with van der Waals surface area (Å²) in [4.78, 5) is 13.9. The second kappa shape index (κ2) is 2.93. The first kappa shape index (κ1) is 6.70. The minimum absolute atomic E-state index is 0.444. The van der Waals surface area contributed by atoms with E-state index in [9.17, 15) is 4.79 Å². The highest BCUT2D eigenvalue weighted by Crippen LogP contribution is 2.11. The van der Waals surface area contributed by atoms with Crippen LogP contribution in [0.2, 0.25) is 0 Å². The topological polar surface area (TPSA) is 42.9 Å². The molecule has 0 amide bonds. The molecule has 0 radical (unpaired) electrons. The van der Waals surface area contributed by atoms with Crippen LogP contribution in [0.5, 0.6) is 0 Å². The van der Waals surface area contributed by atoms with Crippen LogP contribution in [0.1, 0.15) is 9.80 Å². The molecule has 3 nitrogen and oxygen atoms in total. The molecule has 0 unspecified atom stereocenters. The molecule has 0 N–H and O–H groups in total. The van der Waals surface area contributed by atoms with Crippen molar-refractivity contribution < 1.29 is 4.79 Å². The van der Waals surface area contributed by atoms with Gasteiger partial charge in [-0.25, -0.2) is 4.98 Å². The number of aromatic nitrogens is 2. The smallest absolute Gasteiger partial charge is 0.200 e. The van der Waals surface area contributed by atoms with E-state index in [1.807, 2.05) is 6.26 Å². The zero-order valence-electron chi connectivity index (χ0n) is 4.70. The molecule has 0 aliphatic carbocycles. The maximum Gasteiger partial charge on any atom is 0.200 e. The molecule has 0 aliphatic rings. The molecule has 0 spiro atoms. The number of aldehydes is 1. The standard InChI is InChI=1S/C4H4N2OS2/c1-8-4-5-3(2-7)9-6-4/h2H,1H3. The Morgan fingerprint density at radius 3 is 2.89 bits per heavy atom. The van der Waals surface area contributed by atoms with Crippen LogP contribution in [0.25, 0.3) is 0 Å². The highest BCUT2D eigenvalue weighted by Gasteiger charge is 1.98. The summed E-state index contributed by atoms with van der Waals surface area (Å²) < 4.78 is 3.87. The van der Waals surface area contributed by atoms with Gasteiger partial charge in [0.15, 0.2) is 16.5 Å². The number of hydrogen-bond acceptors (Lipinski definition) is 5. The lowest BCUT2D eigenvalue weighted by atomic mass is 10.8. The molecule has 0 fully saturated rings. The van der Waals surface area contributed by atoms with Gasteiger partial charge in [0.1, 0.15) is 0 Å². The van der Waals surface area contributed by atoms with Crippen molar-refractivity contribution in [3.63, 3.8) is 0 Å². The second-order valence-corrected chi connectivity index (χ2v) is 2.79. The van der Waals surface area contributed by atoms with Crippen LogP contribution in [0, 0.1) is 0 Å². The van der Waals surface area contributed by atoms with Gasteiger partial charge in [0, 0.05) is 0 Å². The van der Waals surface area contributed by atoms with Crippen LogP contribution >= 0.6 is 23.3 Å². The maximum atomic E-state index is 10.0. The normalized spacial score (nSPS) is 9.44. The lowest BCUT2D eigenvalue weighted by Gasteiger charge is -1.76. The largest absolute Gasteiger partial charge is 0.295 e. The minimum atomic E-state index is 0.444. The van der Waals surface area contributed by atoms with E-state index in [2.05, 4.69) is 9.36 Å². The molecule has 0 aromatic carbocycles. The first-order chi connectivity index (χ1) is 4.36. The maximum absolute atomic E-state index is 10.0.